The fourth-order valence-corrected chi connectivity index (χ4v) is 5.01. The summed E-state index contributed by atoms with van der Waals surface area (Å²) in [5.74, 6) is -0.259. The van der Waals surface area contributed by atoms with Gasteiger partial charge in [-0.3, -0.25) is 24.8 Å². The highest BCUT2D eigenvalue weighted by atomic mass is 16.5. The number of hydrogen-bond acceptors (Lipinski definition) is 8. The zero-order valence-corrected chi connectivity index (χ0v) is 21.6. The Hall–Kier alpha value is -3.86. The van der Waals surface area contributed by atoms with Crippen molar-refractivity contribution < 1.29 is 9.53 Å². The third-order valence-corrected chi connectivity index (χ3v) is 7.27. The van der Waals surface area contributed by atoms with Gasteiger partial charge in [0, 0.05) is 74.8 Å². The molecule has 0 bridgehead atoms. The second-order valence-corrected chi connectivity index (χ2v) is 9.93. The number of fused-ring (bicyclic) bond motifs is 1. The predicted octanol–water partition coefficient (Wildman–Crippen LogP) is 2.86. The van der Waals surface area contributed by atoms with Gasteiger partial charge in [0.15, 0.2) is 5.69 Å². The van der Waals surface area contributed by atoms with Gasteiger partial charge in [0.25, 0.3) is 5.91 Å². The molecule has 0 aliphatic carbocycles. The van der Waals surface area contributed by atoms with E-state index in [1.807, 2.05) is 42.7 Å². The smallest absolute Gasteiger partial charge is 0.276 e. The molecule has 2 fully saturated rings. The number of nitrogens with one attached hydrogen (secondary N) is 2. The van der Waals surface area contributed by atoms with Crippen LogP contribution in [0.3, 0.4) is 0 Å². The number of pyridine rings is 2. The van der Waals surface area contributed by atoms with Crippen molar-refractivity contribution in [2.24, 2.45) is 0 Å². The van der Waals surface area contributed by atoms with Gasteiger partial charge in [0.05, 0.1) is 36.3 Å². The summed E-state index contributed by atoms with van der Waals surface area (Å²) in [4.78, 5) is 29.3. The van der Waals surface area contributed by atoms with Crippen molar-refractivity contribution in [1.29, 1.82) is 0 Å². The third kappa shape index (κ3) is 5.38. The van der Waals surface area contributed by atoms with Crippen LogP contribution in [0.25, 0.3) is 22.0 Å². The molecule has 5 heterocycles. The lowest BCUT2D eigenvalue weighted by Gasteiger charge is -2.32. The summed E-state index contributed by atoms with van der Waals surface area (Å²) in [7, 11) is 2.15. The molecule has 2 saturated heterocycles. The first kappa shape index (κ1) is 24.5. The minimum absolute atomic E-state index is 0.259. The molecule has 0 radical (unpaired) electrons. The van der Waals surface area contributed by atoms with Crippen molar-refractivity contribution in [3.05, 3.63) is 66.4 Å². The van der Waals surface area contributed by atoms with Crippen molar-refractivity contribution in [3.8, 4) is 11.1 Å². The molecule has 10 heteroatoms. The predicted molar refractivity (Wildman–Crippen MR) is 147 cm³/mol. The summed E-state index contributed by atoms with van der Waals surface area (Å²) in [6.07, 6.45) is 5.48. The SMILES string of the molecule is CN1CCN(Cc2cc(NC(=O)c3n[nH]c4ccc(-c5cncc(N6CCOCC6)c5)cc34)ccn2)CC1. The van der Waals surface area contributed by atoms with Crippen molar-refractivity contribution in [3.63, 3.8) is 0 Å². The van der Waals surface area contributed by atoms with Crippen molar-refractivity contribution in [2.75, 3.05) is 69.7 Å². The van der Waals surface area contributed by atoms with Crippen molar-refractivity contribution in [1.82, 2.24) is 30.0 Å². The standard InChI is InChI=1S/C28H32N8O2/c1-34-6-8-35(9-7-34)19-23-16-22(4-5-30-23)31-28(37)27-25-15-20(2-3-26(25)32-33-27)21-14-24(18-29-17-21)36-10-12-38-13-11-36/h2-5,14-18H,6-13,19H2,1H3,(H,32,33)(H,30,31,37). The number of aromatic amines is 1. The summed E-state index contributed by atoms with van der Waals surface area (Å²) < 4.78 is 5.48. The molecule has 0 spiro atoms. The molecule has 196 valence electrons. The lowest BCUT2D eigenvalue weighted by atomic mass is 10.0. The molecule has 38 heavy (non-hydrogen) atoms. The van der Waals surface area contributed by atoms with Crippen LogP contribution in [0.5, 0.6) is 0 Å². The molecule has 0 atom stereocenters. The zero-order valence-electron chi connectivity index (χ0n) is 21.6. The van der Waals surface area contributed by atoms with E-state index in [2.05, 4.69) is 53.3 Å². The van der Waals surface area contributed by atoms with Crippen LogP contribution in [0.2, 0.25) is 0 Å². The summed E-state index contributed by atoms with van der Waals surface area (Å²) in [5, 5.41) is 11.1. The molecule has 2 aliphatic rings. The van der Waals surface area contributed by atoms with Gasteiger partial charge < -0.3 is 19.9 Å². The first-order valence-electron chi connectivity index (χ1n) is 13.1. The lowest BCUT2D eigenvalue weighted by molar-refractivity contribution is 0.102. The molecule has 1 amide bonds. The highest BCUT2D eigenvalue weighted by molar-refractivity contribution is 6.11. The first-order valence-corrected chi connectivity index (χ1v) is 13.1. The van der Waals surface area contributed by atoms with E-state index < -0.39 is 0 Å². The van der Waals surface area contributed by atoms with Crippen LogP contribution in [-0.4, -0.2) is 95.4 Å². The lowest BCUT2D eigenvalue weighted by Crippen LogP contribution is -2.44. The van der Waals surface area contributed by atoms with Gasteiger partial charge in [-0.1, -0.05) is 6.07 Å². The maximum atomic E-state index is 13.3. The topological polar surface area (TPSA) is 103 Å². The van der Waals surface area contributed by atoms with Gasteiger partial charge in [-0.05, 0) is 42.9 Å². The van der Waals surface area contributed by atoms with Crippen LogP contribution in [0.4, 0.5) is 11.4 Å². The monoisotopic (exact) mass is 512 g/mol. The maximum absolute atomic E-state index is 13.3. The molecule has 3 aromatic heterocycles. The van der Waals surface area contributed by atoms with Crippen molar-refractivity contribution >= 4 is 28.2 Å². The van der Waals surface area contributed by atoms with E-state index in [0.717, 1.165) is 92.4 Å². The molecule has 10 nitrogen and oxygen atoms in total. The fourth-order valence-electron chi connectivity index (χ4n) is 5.01. The van der Waals surface area contributed by atoms with E-state index >= 15 is 0 Å². The number of likely N-dealkylation sites (N-methyl/N-ethyl adjacent to an activating group) is 1. The molecule has 2 N–H and O–H groups in total. The highest BCUT2D eigenvalue weighted by Gasteiger charge is 2.18. The van der Waals surface area contributed by atoms with E-state index in [1.54, 1.807) is 6.20 Å². The Labute approximate surface area is 221 Å². The Kier molecular flexibility index (Phi) is 7.00. The van der Waals surface area contributed by atoms with Gasteiger partial charge in [-0.15, -0.1) is 0 Å². The van der Waals surface area contributed by atoms with Crippen LogP contribution >= 0.6 is 0 Å². The molecular weight excluding hydrogens is 480 g/mol. The second kappa shape index (κ2) is 10.9. The summed E-state index contributed by atoms with van der Waals surface area (Å²) >= 11 is 0. The number of benzene rings is 1. The van der Waals surface area contributed by atoms with Crippen LogP contribution in [-0.2, 0) is 11.3 Å². The molecule has 0 saturated carbocycles. The number of nitrogens with zero attached hydrogens (tertiary/aromatic N) is 6. The second-order valence-electron chi connectivity index (χ2n) is 9.93. The Morgan fingerprint density at radius 1 is 1.00 bits per heavy atom. The fraction of sp³-hybridized carbons (Fsp3) is 0.357. The van der Waals surface area contributed by atoms with Crippen molar-refractivity contribution in [2.45, 2.75) is 6.54 Å². The Bertz CT molecular complexity index is 1420. The number of ether oxygens (including phenoxy) is 1. The summed E-state index contributed by atoms with van der Waals surface area (Å²) in [6.45, 7) is 8.05. The van der Waals surface area contributed by atoms with E-state index in [1.165, 1.54) is 0 Å². The molecule has 6 rings (SSSR count). The quantitative estimate of drug-likeness (QED) is 0.407. The number of carbonyl (C=O) groups is 1. The molecule has 2 aliphatic heterocycles. The average Bonchev–Trinajstić information content (AvgIpc) is 3.39. The zero-order chi connectivity index (χ0) is 25.9. The van der Waals surface area contributed by atoms with E-state index in [4.69, 9.17) is 4.74 Å². The van der Waals surface area contributed by atoms with E-state index in [-0.39, 0.29) is 5.91 Å². The van der Waals surface area contributed by atoms with Gasteiger partial charge in [0.1, 0.15) is 0 Å². The van der Waals surface area contributed by atoms with Crippen LogP contribution in [0.1, 0.15) is 16.2 Å². The number of carbonyl (C=O) groups excluding carboxylic acids is 1. The number of anilines is 2. The Morgan fingerprint density at radius 2 is 1.84 bits per heavy atom. The average molecular weight is 513 g/mol. The number of aromatic nitrogens is 4. The van der Waals surface area contributed by atoms with Gasteiger partial charge >= 0.3 is 0 Å². The number of piperazine rings is 1. The normalized spacial score (nSPS) is 17.1. The largest absolute Gasteiger partial charge is 0.378 e. The summed E-state index contributed by atoms with van der Waals surface area (Å²) in [6, 6.07) is 11.9. The first-order chi connectivity index (χ1) is 18.6. The molecule has 4 aromatic rings. The number of rotatable bonds is 6. The minimum Gasteiger partial charge on any atom is -0.378 e. The van der Waals surface area contributed by atoms with E-state index in [0.29, 0.717) is 11.4 Å². The third-order valence-electron chi connectivity index (χ3n) is 7.27. The minimum atomic E-state index is -0.259. The van der Waals surface area contributed by atoms with Crippen LogP contribution < -0.4 is 10.2 Å². The summed E-state index contributed by atoms with van der Waals surface area (Å²) in [5.41, 5.74) is 5.86. The van der Waals surface area contributed by atoms with E-state index in [9.17, 15) is 4.79 Å². The Balaban J connectivity index is 1.20. The molecular formula is C28H32N8O2. The molecule has 1 aromatic carbocycles. The molecule has 0 unspecified atom stereocenters. The number of H-pyrrole nitrogens is 1. The number of hydrogen-bond donors (Lipinski definition) is 2. The van der Waals surface area contributed by atoms with Gasteiger partial charge in [0.2, 0.25) is 0 Å². The number of morpholine rings is 1. The van der Waals surface area contributed by atoms with Crippen LogP contribution in [0.15, 0.2) is 55.0 Å². The highest BCUT2D eigenvalue weighted by Crippen LogP contribution is 2.28. The van der Waals surface area contributed by atoms with Gasteiger partial charge in [-0.25, -0.2) is 0 Å². The van der Waals surface area contributed by atoms with Crippen LogP contribution in [0, 0.1) is 0 Å². The maximum Gasteiger partial charge on any atom is 0.276 e. The van der Waals surface area contributed by atoms with Gasteiger partial charge in [-0.2, -0.15) is 5.10 Å². The number of amides is 1. The Morgan fingerprint density at radius 3 is 2.68 bits per heavy atom.